The van der Waals surface area contributed by atoms with Crippen molar-refractivity contribution in [2.75, 3.05) is 19.8 Å². The van der Waals surface area contributed by atoms with Crippen LogP contribution in [-0.2, 0) is 9.47 Å². The number of rotatable bonds is 6. The Labute approximate surface area is 80.0 Å². The fraction of sp³-hybridized carbons (Fsp3) is 1.00. The summed E-state index contributed by atoms with van der Waals surface area (Å²) in [7, 11) is 0. The normalized spacial score (nSPS) is 24.9. The van der Waals surface area contributed by atoms with Crippen molar-refractivity contribution in [3.8, 4) is 0 Å². The molecule has 0 radical (unpaired) electrons. The number of hydrogen-bond acceptors (Lipinski definition) is 3. The third-order valence-electron chi connectivity index (χ3n) is 2.26. The molecule has 0 amide bonds. The highest BCUT2D eigenvalue weighted by Crippen LogP contribution is 2.09. The molecule has 78 valence electrons. The molecule has 0 aromatic carbocycles. The van der Waals surface area contributed by atoms with Crippen LogP contribution in [0.15, 0.2) is 0 Å². The minimum atomic E-state index is -0.171. The van der Waals surface area contributed by atoms with E-state index in [0.717, 1.165) is 45.5 Å². The van der Waals surface area contributed by atoms with Gasteiger partial charge >= 0.3 is 0 Å². The van der Waals surface area contributed by atoms with Gasteiger partial charge in [-0.2, -0.15) is 0 Å². The van der Waals surface area contributed by atoms with Gasteiger partial charge in [0.05, 0.1) is 18.8 Å². The Morgan fingerprint density at radius 3 is 3.00 bits per heavy atom. The molecular formula is C10H20O3. The van der Waals surface area contributed by atoms with Crippen LogP contribution in [-0.4, -0.2) is 37.1 Å². The zero-order valence-corrected chi connectivity index (χ0v) is 8.37. The van der Waals surface area contributed by atoms with Crippen molar-refractivity contribution in [1.29, 1.82) is 0 Å². The minimum absolute atomic E-state index is 0.171. The standard InChI is InChI=1S/C10H20O3/c1-9(11)4-2-3-6-13-10-5-7-12-8-10/h9-11H,2-8H2,1H3. The summed E-state index contributed by atoms with van der Waals surface area (Å²) in [4.78, 5) is 0. The quantitative estimate of drug-likeness (QED) is 0.639. The Balaban J connectivity index is 1.83. The van der Waals surface area contributed by atoms with Crippen molar-refractivity contribution < 1.29 is 14.6 Å². The van der Waals surface area contributed by atoms with Crippen LogP contribution in [0.25, 0.3) is 0 Å². The van der Waals surface area contributed by atoms with E-state index in [2.05, 4.69) is 0 Å². The summed E-state index contributed by atoms with van der Waals surface area (Å²) in [6.45, 7) is 4.24. The van der Waals surface area contributed by atoms with Gasteiger partial charge in [0.15, 0.2) is 0 Å². The van der Waals surface area contributed by atoms with Gasteiger partial charge in [0.1, 0.15) is 0 Å². The maximum atomic E-state index is 9.00. The van der Waals surface area contributed by atoms with E-state index in [1.165, 1.54) is 0 Å². The first-order chi connectivity index (χ1) is 6.29. The summed E-state index contributed by atoms with van der Waals surface area (Å²) >= 11 is 0. The Hall–Kier alpha value is -0.120. The van der Waals surface area contributed by atoms with Crippen molar-refractivity contribution in [3.63, 3.8) is 0 Å². The largest absolute Gasteiger partial charge is 0.393 e. The molecule has 3 nitrogen and oxygen atoms in total. The van der Waals surface area contributed by atoms with Crippen LogP contribution in [0.5, 0.6) is 0 Å². The summed E-state index contributed by atoms with van der Waals surface area (Å²) in [6, 6.07) is 0. The molecule has 0 bridgehead atoms. The van der Waals surface area contributed by atoms with Crippen LogP contribution < -0.4 is 0 Å². The highest BCUT2D eigenvalue weighted by molar-refractivity contribution is 4.62. The van der Waals surface area contributed by atoms with Gasteiger partial charge in [0.25, 0.3) is 0 Å². The third-order valence-corrected chi connectivity index (χ3v) is 2.26. The molecule has 1 heterocycles. The SMILES string of the molecule is CC(O)CCCCOC1CCOC1. The molecule has 1 saturated heterocycles. The van der Waals surface area contributed by atoms with Crippen LogP contribution >= 0.6 is 0 Å². The Morgan fingerprint density at radius 2 is 2.38 bits per heavy atom. The minimum Gasteiger partial charge on any atom is -0.393 e. The second-order valence-electron chi connectivity index (χ2n) is 3.70. The van der Waals surface area contributed by atoms with E-state index >= 15 is 0 Å². The lowest BCUT2D eigenvalue weighted by Gasteiger charge is -2.09. The van der Waals surface area contributed by atoms with Gasteiger partial charge in [-0.25, -0.2) is 0 Å². The lowest BCUT2D eigenvalue weighted by Crippen LogP contribution is -2.13. The molecule has 2 unspecified atom stereocenters. The van der Waals surface area contributed by atoms with Crippen molar-refractivity contribution in [2.24, 2.45) is 0 Å². The predicted molar refractivity (Wildman–Crippen MR) is 50.7 cm³/mol. The highest BCUT2D eigenvalue weighted by Gasteiger charge is 2.15. The average molecular weight is 188 g/mol. The predicted octanol–water partition coefficient (Wildman–Crippen LogP) is 1.34. The topological polar surface area (TPSA) is 38.7 Å². The monoisotopic (exact) mass is 188 g/mol. The van der Waals surface area contributed by atoms with E-state index in [1.807, 2.05) is 6.92 Å². The number of aliphatic hydroxyl groups is 1. The van der Waals surface area contributed by atoms with Gasteiger partial charge in [-0.05, 0) is 32.6 Å². The maximum absolute atomic E-state index is 9.00. The highest BCUT2D eigenvalue weighted by atomic mass is 16.5. The molecule has 0 saturated carbocycles. The summed E-state index contributed by atoms with van der Waals surface area (Å²) in [5, 5.41) is 9.00. The Kier molecular flexibility index (Phi) is 5.35. The van der Waals surface area contributed by atoms with Crippen LogP contribution in [0.2, 0.25) is 0 Å². The molecule has 0 aromatic heterocycles. The van der Waals surface area contributed by atoms with Crippen LogP contribution in [0, 0.1) is 0 Å². The molecule has 13 heavy (non-hydrogen) atoms. The lowest BCUT2D eigenvalue weighted by molar-refractivity contribution is 0.0393. The molecule has 0 aliphatic carbocycles. The molecule has 3 heteroatoms. The fourth-order valence-electron chi connectivity index (χ4n) is 1.44. The van der Waals surface area contributed by atoms with Crippen LogP contribution in [0.4, 0.5) is 0 Å². The summed E-state index contributed by atoms with van der Waals surface area (Å²) < 4.78 is 10.8. The first-order valence-electron chi connectivity index (χ1n) is 5.16. The van der Waals surface area contributed by atoms with E-state index in [0.29, 0.717) is 6.10 Å². The summed E-state index contributed by atoms with van der Waals surface area (Å²) in [5.41, 5.74) is 0. The lowest BCUT2D eigenvalue weighted by atomic mass is 10.2. The number of hydrogen-bond donors (Lipinski definition) is 1. The zero-order chi connectivity index (χ0) is 9.52. The van der Waals surface area contributed by atoms with Crippen molar-refractivity contribution in [3.05, 3.63) is 0 Å². The fourth-order valence-corrected chi connectivity index (χ4v) is 1.44. The smallest absolute Gasteiger partial charge is 0.0830 e. The third kappa shape index (κ3) is 5.24. The van der Waals surface area contributed by atoms with E-state index in [4.69, 9.17) is 14.6 Å². The Bertz CT molecular complexity index is 119. The number of ether oxygens (including phenoxy) is 2. The molecule has 1 rings (SSSR count). The molecule has 0 spiro atoms. The van der Waals surface area contributed by atoms with E-state index in [1.54, 1.807) is 0 Å². The molecule has 1 fully saturated rings. The van der Waals surface area contributed by atoms with Gasteiger partial charge in [-0.15, -0.1) is 0 Å². The van der Waals surface area contributed by atoms with E-state index < -0.39 is 0 Å². The van der Waals surface area contributed by atoms with Crippen LogP contribution in [0.1, 0.15) is 32.6 Å². The number of unbranched alkanes of at least 4 members (excludes halogenated alkanes) is 1. The maximum Gasteiger partial charge on any atom is 0.0830 e. The molecule has 0 aromatic rings. The molecule has 1 aliphatic heterocycles. The van der Waals surface area contributed by atoms with Gasteiger partial charge in [-0.1, -0.05) is 0 Å². The van der Waals surface area contributed by atoms with Gasteiger partial charge in [0, 0.05) is 13.2 Å². The first-order valence-corrected chi connectivity index (χ1v) is 5.16. The van der Waals surface area contributed by atoms with Crippen molar-refractivity contribution >= 4 is 0 Å². The average Bonchev–Trinajstić information content (AvgIpc) is 2.55. The van der Waals surface area contributed by atoms with Gasteiger partial charge in [0.2, 0.25) is 0 Å². The van der Waals surface area contributed by atoms with E-state index in [-0.39, 0.29) is 6.10 Å². The molecular weight excluding hydrogens is 168 g/mol. The molecule has 2 atom stereocenters. The van der Waals surface area contributed by atoms with Crippen molar-refractivity contribution in [2.45, 2.75) is 44.8 Å². The Morgan fingerprint density at radius 1 is 1.54 bits per heavy atom. The molecule has 1 aliphatic rings. The summed E-state index contributed by atoms with van der Waals surface area (Å²) in [6.07, 6.45) is 4.16. The van der Waals surface area contributed by atoms with Crippen LogP contribution in [0.3, 0.4) is 0 Å². The summed E-state index contributed by atoms with van der Waals surface area (Å²) in [5.74, 6) is 0. The second kappa shape index (κ2) is 6.35. The zero-order valence-electron chi connectivity index (χ0n) is 8.37. The van der Waals surface area contributed by atoms with E-state index in [9.17, 15) is 0 Å². The van der Waals surface area contributed by atoms with Gasteiger partial charge < -0.3 is 14.6 Å². The first kappa shape index (κ1) is 11.0. The van der Waals surface area contributed by atoms with Crippen molar-refractivity contribution in [1.82, 2.24) is 0 Å². The second-order valence-corrected chi connectivity index (χ2v) is 3.70. The molecule has 1 N–H and O–H groups in total. The van der Waals surface area contributed by atoms with Gasteiger partial charge in [-0.3, -0.25) is 0 Å². The number of aliphatic hydroxyl groups excluding tert-OH is 1.